The predicted molar refractivity (Wildman–Crippen MR) is 112 cm³/mol. The van der Waals surface area contributed by atoms with Crippen LogP contribution >= 0.6 is 23.2 Å². The van der Waals surface area contributed by atoms with Gasteiger partial charge in [-0.15, -0.1) is 0 Å². The van der Waals surface area contributed by atoms with Crippen LogP contribution in [0.3, 0.4) is 0 Å². The van der Waals surface area contributed by atoms with Crippen molar-refractivity contribution in [2.24, 2.45) is 0 Å². The molecule has 8 heteroatoms. The summed E-state index contributed by atoms with van der Waals surface area (Å²) < 4.78 is 26.2. The minimum absolute atomic E-state index is 0.208. The minimum Gasteiger partial charge on any atom is -0.323 e. The van der Waals surface area contributed by atoms with Crippen LogP contribution in [0.25, 0.3) is 0 Å². The predicted octanol–water partition coefficient (Wildman–Crippen LogP) is 4.79. The molecule has 0 saturated carbocycles. The second-order valence-corrected chi connectivity index (χ2v) is 8.99. The van der Waals surface area contributed by atoms with E-state index in [-0.39, 0.29) is 11.4 Å². The Balaban J connectivity index is 2.44. The van der Waals surface area contributed by atoms with Gasteiger partial charge in [0.25, 0.3) is 0 Å². The Hall–Kier alpha value is -1.76. The molecular weight excluding hydrogens is 407 g/mol. The molecule has 146 valence electrons. The molecule has 2 aromatic rings. The second kappa shape index (κ2) is 8.50. The zero-order valence-electron chi connectivity index (χ0n) is 15.6. The third kappa shape index (κ3) is 4.94. The molecule has 2 rings (SSSR count). The summed E-state index contributed by atoms with van der Waals surface area (Å²) in [5.74, 6) is -0.481. The van der Waals surface area contributed by atoms with E-state index in [1.165, 1.54) is 0 Å². The van der Waals surface area contributed by atoms with E-state index < -0.39 is 22.0 Å². The summed E-state index contributed by atoms with van der Waals surface area (Å²) in [5.41, 5.74) is 2.76. The normalized spacial score (nSPS) is 12.5. The van der Waals surface area contributed by atoms with Crippen molar-refractivity contribution in [3.05, 3.63) is 57.6 Å². The van der Waals surface area contributed by atoms with Crippen LogP contribution in [0, 0.1) is 13.8 Å². The summed E-state index contributed by atoms with van der Waals surface area (Å²) in [6.45, 7) is 5.59. The van der Waals surface area contributed by atoms with Crippen LogP contribution in [0.1, 0.15) is 24.5 Å². The molecule has 0 aliphatic carbocycles. The molecule has 2 aromatic carbocycles. The largest absolute Gasteiger partial charge is 0.323 e. The van der Waals surface area contributed by atoms with Crippen molar-refractivity contribution >= 4 is 50.5 Å². The number of rotatable bonds is 6. The SMILES string of the molecule is CCC(C(=O)Nc1cccc(Cl)c1Cl)N(c1ccc(C)c(C)c1)S(C)(=O)=O. The zero-order valence-corrected chi connectivity index (χ0v) is 17.9. The van der Waals surface area contributed by atoms with Gasteiger partial charge in [-0.1, -0.05) is 42.3 Å². The van der Waals surface area contributed by atoms with E-state index in [4.69, 9.17) is 23.2 Å². The monoisotopic (exact) mass is 428 g/mol. The van der Waals surface area contributed by atoms with Gasteiger partial charge < -0.3 is 5.32 Å². The quantitative estimate of drug-likeness (QED) is 0.718. The molecule has 1 amide bonds. The van der Waals surface area contributed by atoms with Crippen molar-refractivity contribution in [1.29, 1.82) is 0 Å². The maximum absolute atomic E-state index is 12.9. The number of sulfonamides is 1. The Kier molecular flexibility index (Phi) is 6.78. The Labute approximate surface area is 170 Å². The molecule has 0 fully saturated rings. The molecule has 0 bridgehead atoms. The number of hydrogen-bond donors (Lipinski definition) is 1. The molecule has 0 saturated heterocycles. The summed E-state index contributed by atoms with van der Waals surface area (Å²) in [5, 5.41) is 3.20. The van der Waals surface area contributed by atoms with Gasteiger partial charge in [-0.3, -0.25) is 9.10 Å². The smallest absolute Gasteiger partial charge is 0.248 e. The summed E-state index contributed by atoms with van der Waals surface area (Å²) in [4.78, 5) is 12.9. The number of carbonyl (C=O) groups excluding carboxylic acids is 1. The van der Waals surface area contributed by atoms with Gasteiger partial charge in [0.1, 0.15) is 6.04 Å². The van der Waals surface area contributed by atoms with E-state index in [1.807, 2.05) is 19.9 Å². The summed E-state index contributed by atoms with van der Waals surface area (Å²) in [6.07, 6.45) is 1.37. The van der Waals surface area contributed by atoms with Crippen LogP contribution in [0.2, 0.25) is 10.0 Å². The molecule has 1 atom stereocenters. The van der Waals surface area contributed by atoms with E-state index in [0.717, 1.165) is 21.7 Å². The van der Waals surface area contributed by atoms with Crippen molar-refractivity contribution in [3.8, 4) is 0 Å². The first-order chi connectivity index (χ1) is 12.6. The van der Waals surface area contributed by atoms with Crippen molar-refractivity contribution in [1.82, 2.24) is 0 Å². The molecule has 0 aromatic heterocycles. The number of amides is 1. The molecule has 0 aliphatic rings. The Morgan fingerprint density at radius 3 is 2.37 bits per heavy atom. The topological polar surface area (TPSA) is 66.5 Å². The Morgan fingerprint density at radius 2 is 1.81 bits per heavy atom. The number of anilines is 2. The maximum atomic E-state index is 12.9. The van der Waals surface area contributed by atoms with E-state index in [0.29, 0.717) is 16.4 Å². The summed E-state index contributed by atoms with van der Waals surface area (Å²) in [6, 6.07) is 9.24. The van der Waals surface area contributed by atoms with Crippen LogP contribution in [-0.4, -0.2) is 26.6 Å². The van der Waals surface area contributed by atoms with E-state index in [2.05, 4.69) is 5.32 Å². The summed E-state index contributed by atoms with van der Waals surface area (Å²) >= 11 is 12.1. The number of hydrogen-bond acceptors (Lipinski definition) is 3. The van der Waals surface area contributed by atoms with Crippen molar-refractivity contribution in [2.75, 3.05) is 15.9 Å². The Bertz CT molecular complexity index is 961. The van der Waals surface area contributed by atoms with Gasteiger partial charge in [-0.2, -0.15) is 0 Å². The first-order valence-electron chi connectivity index (χ1n) is 8.37. The van der Waals surface area contributed by atoms with E-state index in [1.54, 1.807) is 37.3 Å². The van der Waals surface area contributed by atoms with Crippen molar-refractivity contribution < 1.29 is 13.2 Å². The second-order valence-electron chi connectivity index (χ2n) is 6.34. The van der Waals surface area contributed by atoms with Crippen LogP contribution in [0.5, 0.6) is 0 Å². The molecular formula is C19H22Cl2N2O3S. The lowest BCUT2D eigenvalue weighted by Gasteiger charge is -2.30. The first kappa shape index (κ1) is 21.5. The van der Waals surface area contributed by atoms with Gasteiger partial charge in [0.05, 0.1) is 27.7 Å². The number of benzene rings is 2. The van der Waals surface area contributed by atoms with Gasteiger partial charge in [0.2, 0.25) is 15.9 Å². The lowest BCUT2D eigenvalue weighted by Crippen LogP contribution is -2.47. The van der Waals surface area contributed by atoms with E-state index in [9.17, 15) is 13.2 Å². The van der Waals surface area contributed by atoms with Gasteiger partial charge in [-0.05, 0) is 55.7 Å². The average Bonchev–Trinajstić information content (AvgIpc) is 2.58. The van der Waals surface area contributed by atoms with Crippen LogP contribution in [0.4, 0.5) is 11.4 Å². The molecule has 0 spiro atoms. The van der Waals surface area contributed by atoms with Crippen LogP contribution in [0.15, 0.2) is 36.4 Å². The highest BCUT2D eigenvalue weighted by Gasteiger charge is 2.32. The van der Waals surface area contributed by atoms with Gasteiger partial charge in [0.15, 0.2) is 0 Å². The van der Waals surface area contributed by atoms with Gasteiger partial charge in [0, 0.05) is 0 Å². The van der Waals surface area contributed by atoms with E-state index >= 15 is 0 Å². The zero-order chi connectivity index (χ0) is 20.4. The number of aryl methyl sites for hydroxylation is 2. The first-order valence-corrected chi connectivity index (χ1v) is 11.0. The number of nitrogens with one attached hydrogen (secondary N) is 1. The number of nitrogens with zero attached hydrogens (tertiary/aromatic N) is 1. The van der Waals surface area contributed by atoms with Crippen LogP contribution < -0.4 is 9.62 Å². The highest BCUT2D eigenvalue weighted by Crippen LogP contribution is 2.31. The van der Waals surface area contributed by atoms with Gasteiger partial charge in [-0.25, -0.2) is 8.42 Å². The third-order valence-electron chi connectivity index (χ3n) is 4.28. The molecule has 0 heterocycles. The molecule has 1 N–H and O–H groups in total. The highest BCUT2D eigenvalue weighted by atomic mass is 35.5. The molecule has 27 heavy (non-hydrogen) atoms. The average molecular weight is 429 g/mol. The number of halogens is 2. The van der Waals surface area contributed by atoms with Crippen molar-refractivity contribution in [3.63, 3.8) is 0 Å². The van der Waals surface area contributed by atoms with Crippen molar-refractivity contribution in [2.45, 2.75) is 33.2 Å². The molecule has 1 unspecified atom stereocenters. The number of carbonyl (C=O) groups is 1. The fourth-order valence-corrected chi connectivity index (χ4v) is 4.29. The fourth-order valence-electron chi connectivity index (χ4n) is 2.74. The lowest BCUT2D eigenvalue weighted by molar-refractivity contribution is -0.117. The Morgan fingerprint density at radius 1 is 1.15 bits per heavy atom. The van der Waals surface area contributed by atoms with Gasteiger partial charge >= 0.3 is 0 Å². The summed E-state index contributed by atoms with van der Waals surface area (Å²) in [7, 11) is -3.70. The molecule has 0 radical (unpaired) electrons. The molecule has 5 nitrogen and oxygen atoms in total. The standard InChI is InChI=1S/C19H22Cl2N2O3S/c1-5-17(19(24)22-16-8-6-7-15(20)18(16)21)23(27(4,25)26)14-10-9-12(2)13(3)11-14/h6-11,17H,5H2,1-4H3,(H,22,24). The van der Waals surface area contributed by atoms with Crippen LogP contribution in [-0.2, 0) is 14.8 Å². The maximum Gasteiger partial charge on any atom is 0.248 e. The highest BCUT2D eigenvalue weighted by molar-refractivity contribution is 7.92. The minimum atomic E-state index is -3.70. The third-order valence-corrected chi connectivity index (χ3v) is 6.28. The lowest BCUT2D eigenvalue weighted by atomic mass is 10.1. The fraction of sp³-hybridized carbons (Fsp3) is 0.316. The molecule has 0 aliphatic heterocycles.